The Kier molecular flexibility index (Phi) is 5.22. The first kappa shape index (κ1) is 15.8. The van der Waals surface area contributed by atoms with Crippen molar-refractivity contribution < 1.29 is 18.0 Å². The molecule has 1 atom stereocenters. The Labute approximate surface area is 121 Å². The van der Waals surface area contributed by atoms with Crippen LogP contribution in [0, 0.1) is 0 Å². The SMILES string of the molecule is O=C(NCCC1CCCCN1)c1cccc(C(F)(F)F)c1. The van der Waals surface area contributed by atoms with E-state index >= 15 is 0 Å². The van der Waals surface area contributed by atoms with Gasteiger partial charge in [-0.25, -0.2) is 0 Å². The largest absolute Gasteiger partial charge is 0.416 e. The van der Waals surface area contributed by atoms with Gasteiger partial charge in [0.15, 0.2) is 0 Å². The van der Waals surface area contributed by atoms with Crippen LogP contribution in [0.15, 0.2) is 24.3 Å². The summed E-state index contributed by atoms with van der Waals surface area (Å²) in [4.78, 5) is 11.9. The summed E-state index contributed by atoms with van der Waals surface area (Å²) in [6, 6.07) is 4.88. The van der Waals surface area contributed by atoms with E-state index < -0.39 is 17.6 Å². The van der Waals surface area contributed by atoms with E-state index in [9.17, 15) is 18.0 Å². The second-order valence-electron chi connectivity index (χ2n) is 5.27. The third-order valence-corrected chi connectivity index (χ3v) is 3.64. The molecular formula is C15H19F3N2O. The Morgan fingerprint density at radius 1 is 1.33 bits per heavy atom. The molecule has 0 radical (unpaired) electrons. The normalized spacial score (nSPS) is 19.3. The van der Waals surface area contributed by atoms with Gasteiger partial charge in [-0.3, -0.25) is 4.79 Å². The highest BCUT2D eigenvalue weighted by atomic mass is 19.4. The number of carbonyl (C=O) groups is 1. The second-order valence-corrected chi connectivity index (χ2v) is 5.27. The monoisotopic (exact) mass is 300 g/mol. The Bertz CT molecular complexity index is 482. The lowest BCUT2D eigenvalue weighted by molar-refractivity contribution is -0.137. The lowest BCUT2D eigenvalue weighted by Crippen LogP contribution is -2.37. The van der Waals surface area contributed by atoms with E-state index in [1.807, 2.05) is 0 Å². The average molecular weight is 300 g/mol. The van der Waals surface area contributed by atoms with E-state index in [0.717, 1.165) is 31.5 Å². The minimum atomic E-state index is -4.43. The summed E-state index contributed by atoms with van der Waals surface area (Å²) in [5.74, 6) is -0.461. The summed E-state index contributed by atoms with van der Waals surface area (Å²) in [6.07, 6.45) is -0.196. The topological polar surface area (TPSA) is 41.1 Å². The number of amides is 1. The Balaban J connectivity index is 1.85. The van der Waals surface area contributed by atoms with Crippen molar-refractivity contribution in [2.24, 2.45) is 0 Å². The molecule has 1 aliphatic rings. The van der Waals surface area contributed by atoms with Crippen molar-refractivity contribution in [3.8, 4) is 0 Å². The van der Waals surface area contributed by atoms with Gasteiger partial charge in [0, 0.05) is 18.2 Å². The van der Waals surface area contributed by atoms with Crippen LogP contribution in [0.25, 0.3) is 0 Å². The van der Waals surface area contributed by atoms with Gasteiger partial charge in [0.1, 0.15) is 0 Å². The highest BCUT2D eigenvalue weighted by Crippen LogP contribution is 2.29. The number of carbonyl (C=O) groups excluding carboxylic acids is 1. The van der Waals surface area contributed by atoms with Crippen molar-refractivity contribution in [2.75, 3.05) is 13.1 Å². The Hall–Kier alpha value is -1.56. The van der Waals surface area contributed by atoms with Crippen LogP contribution in [0.1, 0.15) is 41.6 Å². The maximum Gasteiger partial charge on any atom is 0.416 e. The van der Waals surface area contributed by atoms with Gasteiger partial charge in [0.05, 0.1) is 5.56 Å². The Morgan fingerprint density at radius 2 is 2.14 bits per heavy atom. The fraction of sp³-hybridized carbons (Fsp3) is 0.533. The molecule has 116 valence electrons. The van der Waals surface area contributed by atoms with E-state index in [4.69, 9.17) is 0 Å². The maximum absolute atomic E-state index is 12.6. The zero-order valence-corrected chi connectivity index (χ0v) is 11.7. The molecule has 1 unspecified atom stereocenters. The molecule has 1 aromatic carbocycles. The highest BCUT2D eigenvalue weighted by molar-refractivity contribution is 5.94. The average Bonchev–Trinajstić information content (AvgIpc) is 2.47. The van der Waals surface area contributed by atoms with E-state index in [1.54, 1.807) is 0 Å². The van der Waals surface area contributed by atoms with Gasteiger partial charge in [0.2, 0.25) is 0 Å². The van der Waals surface area contributed by atoms with Gasteiger partial charge in [0.25, 0.3) is 5.91 Å². The first-order valence-electron chi connectivity index (χ1n) is 7.15. The third-order valence-electron chi connectivity index (χ3n) is 3.64. The van der Waals surface area contributed by atoms with Crippen LogP contribution >= 0.6 is 0 Å². The van der Waals surface area contributed by atoms with Crippen molar-refractivity contribution in [2.45, 2.75) is 37.9 Å². The molecule has 6 heteroatoms. The molecule has 0 saturated carbocycles. The molecule has 1 aliphatic heterocycles. The molecule has 1 heterocycles. The number of benzene rings is 1. The summed E-state index contributed by atoms with van der Waals surface area (Å²) in [6.45, 7) is 1.46. The molecular weight excluding hydrogens is 281 g/mol. The van der Waals surface area contributed by atoms with Crippen LogP contribution < -0.4 is 10.6 Å². The molecule has 1 aromatic rings. The summed E-state index contributed by atoms with van der Waals surface area (Å²) in [7, 11) is 0. The molecule has 0 aliphatic carbocycles. The number of rotatable bonds is 4. The highest BCUT2D eigenvalue weighted by Gasteiger charge is 2.30. The first-order chi connectivity index (χ1) is 9.97. The fourth-order valence-electron chi connectivity index (χ4n) is 2.47. The second kappa shape index (κ2) is 6.93. The van der Waals surface area contributed by atoms with Crippen molar-refractivity contribution in [1.29, 1.82) is 0 Å². The summed E-state index contributed by atoms with van der Waals surface area (Å²) in [5.41, 5.74) is -0.759. The van der Waals surface area contributed by atoms with Crippen LogP contribution in [0.5, 0.6) is 0 Å². The van der Waals surface area contributed by atoms with Crippen LogP contribution in [0.3, 0.4) is 0 Å². The fourth-order valence-corrected chi connectivity index (χ4v) is 2.47. The van der Waals surface area contributed by atoms with Crippen LogP contribution in [-0.2, 0) is 6.18 Å². The summed E-state index contributed by atoms with van der Waals surface area (Å²) in [5, 5.41) is 6.04. The smallest absolute Gasteiger partial charge is 0.352 e. The van der Waals surface area contributed by atoms with Crippen LogP contribution in [0.2, 0.25) is 0 Å². The third kappa shape index (κ3) is 4.74. The number of piperidine rings is 1. The first-order valence-corrected chi connectivity index (χ1v) is 7.15. The molecule has 1 fully saturated rings. The van der Waals surface area contributed by atoms with Gasteiger partial charge in [-0.1, -0.05) is 12.5 Å². The van der Waals surface area contributed by atoms with E-state index in [2.05, 4.69) is 10.6 Å². The minimum absolute atomic E-state index is 0.0430. The van der Waals surface area contributed by atoms with E-state index in [1.165, 1.54) is 25.0 Å². The van der Waals surface area contributed by atoms with Gasteiger partial charge in [-0.05, 0) is 44.0 Å². The van der Waals surface area contributed by atoms with Crippen molar-refractivity contribution in [3.05, 3.63) is 35.4 Å². The number of hydrogen-bond donors (Lipinski definition) is 2. The van der Waals surface area contributed by atoms with E-state index in [-0.39, 0.29) is 5.56 Å². The van der Waals surface area contributed by atoms with Crippen LogP contribution in [0.4, 0.5) is 13.2 Å². The summed E-state index contributed by atoms with van der Waals surface area (Å²) >= 11 is 0. The molecule has 0 bridgehead atoms. The van der Waals surface area contributed by atoms with E-state index in [0.29, 0.717) is 12.6 Å². The molecule has 1 saturated heterocycles. The molecule has 1 amide bonds. The molecule has 0 spiro atoms. The number of halogens is 3. The van der Waals surface area contributed by atoms with Crippen molar-refractivity contribution in [3.63, 3.8) is 0 Å². The molecule has 3 nitrogen and oxygen atoms in total. The number of hydrogen-bond acceptors (Lipinski definition) is 2. The predicted molar refractivity (Wildman–Crippen MR) is 74.0 cm³/mol. The predicted octanol–water partition coefficient (Wildman–Crippen LogP) is 2.97. The van der Waals surface area contributed by atoms with Crippen LogP contribution in [-0.4, -0.2) is 25.0 Å². The minimum Gasteiger partial charge on any atom is -0.352 e. The quantitative estimate of drug-likeness (QED) is 0.897. The van der Waals surface area contributed by atoms with Gasteiger partial charge in [-0.2, -0.15) is 13.2 Å². The Morgan fingerprint density at radius 3 is 2.81 bits per heavy atom. The zero-order valence-electron chi connectivity index (χ0n) is 11.7. The zero-order chi connectivity index (χ0) is 15.3. The van der Waals surface area contributed by atoms with Crippen molar-refractivity contribution in [1.82, 2.24) is 10.6 Å². The van der Waals surface area contributed by atoms with Gasteiger partial charge in [-0.15, -0.1) is 0 Å². The maximum atomic E-state index is 12.6. The lowest BCUT2D eigenvalue weighted by atomic mass is 10.0. The van der Waals surface area contributed by atoms with Gasteiger partial charge < -0.3 is 10.6 Å². The number of alkyl halides is 3. The molecule has 21 heavy (non-hydrogen) atoms. The molecule has 2 rings (SSSR count). The van der Waals surface area contributed by atoms with Crippen molar-refractivity contribution >= 4 is 5.91 Å². The van der Waals surface area contributed by atoms with Gasteiger partial charge >= 0.3 is 6.18 Å². The number of nitrogens with one attached hydrogen (secondary N) is 2. The summed E-state index contributed by atoms with van der Waals surface area (Å²) < 4.78 is 37.8. The standard InChI is InChI=1S/C15H19F3N2O/c16-15(17,18)12-5-3-4-11(10-12)14(21)20-9-7-13-6-1-2-8-19-13/h3-5,10,13,19H,1-2,6-9H2,(H,20,21). The lowest BCUT2D eigenvalue weighted by Gasteiger charge is -2.23. The molecule has 0 aromatic heterocycles. The molecule has 2 N–H and O–H groups in total.